The van der Waals surface area contributed by atoms with E-state index in [9.17, 15) is 9.59 Å². The van der Waals surface area contributed by atoms with Crippen LogP contribution < -0.4 is 0 Å². The molecule has 2 atom stereocenters. The van der Waals surface area contributed by atoms with Crippen molar-refractivity contribution in [2.24, 2.45) is 5.92 Å². The summed E-state index contributed by atoms with van der Waals surface area (Å²) in [7, 11) is 0. The Balaban J connectivity index is 0. The Morgan fingerprint density at radius 2 is 1.40 bits per heavy atom. The van der Waals surface area contributed by atoms with Crippen LogP contribution in [0.4, 0.5) is 0 Å². The van der Waals surface area contributed by atoms with Gasteiger partial charge in [-0.05, 0) is 0 Å². The predicted molar refractivity (Wildman–Crippen MR) is 66.6 cm³/mol. The standard InChI is InChI=1S/C8H16N2O2.C3H4O4.Pt/c1-5(2)8-11-6(3-9)7(4-10)12-8;4-2(5)1-3(6)7;/h5-10H,3-4H2,1-2H3;1H2,(H,4,5)(H,6,7);/q-2;;+2. The number of aliphatic carboxylic acids is 2. The molecule has 0 aromatic carbocycles. The first kappa shape index (κ1) is 21.8. The van der Waals surface area contributed by atoms with Gasteiger partial charge in [0.2, 0.25) is 0 Å². The van der Waals surface area contributed by atoms with Gasteiger partial charge >= 0.3 is 33.0 Å². The van der Waals surface area contributed by atoms with Gasteiger partial charge in [0, 0.05) is 5.92 Å². The molecule has 9 heteroatoms. The van der Waals surface area contributed by atoms with E-state index in [-0.39, 0.29) is 52.7 Å². The van der Waals surface area contributed by atoms with Gasteiger partial charge in [-0.1, -0.05) is 13.8 Å². The van der Waals surface area contributed by atoms with Crippen molar-refractivity contribution in [2.45, 2.75) is 38.8 Å². The third-order valence-electron chi connectivity index (χ3n) is 2.28. The van der Waals surface area contributed by atoms with Crippen molar-refractivity contribution in [1.82, 2.24) is 0 Å². The molecule has 1 fully saturated rings. The first-order valence-corrected chi connectivity index (χ1v) is 5.85. The number of nitrogens with one attached hydrogen (secondary N) is 2. The van der Waals surface area contributed by atoms with E-state index in [1.807, 2.05) is 13.8 Å². The minimum absolute atomic E-state index is 0. The van der Waals surface area contributed by atoms with Crippen molar-refractivity contribution in [3.63, 3.8) is 0 Å². The first-order valence-electron chi connectivity index (χ1n) is 5.85. The molecule has 1 saturated heterocycles. The quantitative estimate of drug-likeness (QED) is 0.581. The third-order valence-corrected chi connectivity index (χ3v) is 2.28. The number of hydrogen-bond acceptors (Lipinski definition) is 4. The van der Waals surface area contributed by atoms with E-state index in [0.29, 0.717) is 5.92 Å². The van der Waals surface area contributed by atoms with Gasteiger partial charge in [0.05, 0.1) is 12.2 Å². The van der Waals surface area contributed by atoms with E-state index in [2.05, 4.69) is 0 Å². The SMILES string of the molecule is CC(C)C1OC(C[NH-])C(C[NH-])O1.O=C(O)CC(=O)O.[Pt+2]. The van der Waals surface area contributed by atoms with E-state index in [1.54, 1.807) is 0 Å². The van der Waals surface area contributed by atoms with Gasteiger partial charge in [0.15, 0.2) is 6.29 Å². The van der Waals surface area contributed by atoms with E-state index in [0.717, 1.165) is 0 Å². The Labute approximate surface area is 132 Å². The molecule has 1 rings (SSSR count). The number of carboxylic acid groups (broad SMARTS) is 2. The second kappa shape index (κ2) is 11.2. The number of carboxylic acids is 2. The molecule has 120 valence electrons. The van der Waals surface area contributed by atoms with Crippen molar-refractivity contribution >= 4 is 11.9 Å². The van der Waals surface area contributed by atoms with Crippen molar-refractivity contribution in [1.29, 1.82) is 0 Å². The molecule has 1 aliphatic heterocycles. The summed E-state index contributed by atoms with van der Waals surface area (Å²) in [6, 6.07) is 0. The normalized spacial score (nSPS) is 24.6. The van der Waals surface area contributed by atoms with Crippen LogP contribution in [-0.4, -0.2) is 53.7 Å². The summed E-state index contributed by atoms with van der Waals surface area (Å²) < 4.78 is 10.9. The Hall–Kier alpha value is -0.532. The average Bonchev–Trinajstić information content (AvgIpc) is 2.71. The Kier molecular flexibility index (Phi) is 12.1. The van der Waals surface area contributed by atoms with Crippen LogP contribution in [0.25, 0.3) is 11.5 Å². The van der Waals surface area contributed by atoms with Gasteiger partial charge in [0.25, 0.3) is 0 Å². The molecule has 0 saturated carbocycles. The van der Waals surface area contributed by atoms with Crippen LogP contribution in [0, 0.1) is 5.92 Å². The molecule has 20 heavy (non-hydrogen) atoms. The van der Waals surface area contributed by atoms with Gasteiger partial charge in [-0.3, -0.25) is 9.59 Å². The second-order valence-corrected chi connectivity index (χ2v) is 4.33. The zero-order valence-electron chi connectivity index (χ0n) is 11.3. The van der Waals surface area contributed by atoms with Crippen LogP contribution >= 0.6 is 0 Å². The van der Waals surface area contributed by atoms with E-state index >= 15 is 0 Å². The summed E-state index contributed by atoms with van der Waals surface area (Å²) in [5.41, 5.74) is 14.4. The molecule has 0 bridgehead atoms. The summed E-state index contributed by atoms with van der Waals surface area (Å²) in [5.74, 6) is -2.32. The molecule has 0 aliphatic carbocycles. The smallest absolute Gasteiger partial charge is 0.675 e. The number of hydrogen-bond donors (Lipinski definition) is 2. The zero-order valence-corrected chi connectivity index (χ0v) is 13.5. The van der Waals surface area contributed by atoms with Gasteiger partial charge in [0.1, 0.15) is 6.42 Å². The first-order chi connectivity index (χ1) is 8.81. The van der Waals surface area contributed by atoms with Crippen molar-refractivity contribution < 1.29 is 50.3 Å². The minimum Gasteiger partial charge on any atom is -0.675 e. The van der Waals surface area contributed by atoms with Crippen LogP contribution in [0.2, 0.25) is 0 Å². The summed E-state index contributed by atoms with van der Waals surface area (Å²) in [6.45, 7) is 4.40. The van der Waals surface area contributed by atoms with Crippen LogP contribution in [0.3, 0.4) is 0 Å². The predicted octanol–water partition coefficient (Wildman–Crippen LogP) is 1.40. The van der Waals surface area contributed by atoms with E-state index < -0.39 is 18.4 Å². The van der Waals surface area contributed by atoms with E-state index in [4.69, 9.17) is 31.2 Å². The molecular formula is C11H20N2O6Pt. The molecule has 4 N–H and O–H groups in total. The van der Waals surface area contributed by atoms with Crippen molar-refractivity contribution in [3.8, 4) is 0 Å². The second-order valence-electron chi connectivity index (χ2n) is 4.33. The number of ether oxygens (including phenoxy) is 2. The maximum absolute atomic E-state index is 9.43. The molecule has 2 unspecified atom stereocenters. The summed E-state index contributed by atoms with van der Waals surface area (Å²) in [6.07, 6.45) is -1.42. The maximum atomic E-state index is 9.43. The summed E-state index contributed by atoms with van der Waals surface area (Å²) in [4.78, 5) is 18.9. The van der Waals surface area contributed by atoms with Crippen LogP contribution in [-0.2, 0) is 40.1 Å². The fraction of sp³-hybridized carbons (Fsp3) is 0.818. The Morgan fingerprint density at radius 1 is 1.05 bits per heavy atom. The van der Waals surface area contributed by atoms with Gasteiger partial charge < -0.3 is 31.2 Å². The minimum atomic E-state index is -1.31. The topological polar surface area (TPSA) is 141 Å². The van der Waals surface area contributed by atoms with Crippen LogP contribution in [0.1, 0.15) is 20.3 Å². The average molecular weight is 471 g/mol. The molecule has 1 aliphatic rings. The Bertz CT molecular complexity index is 279. The summed E-state index contributed by atoms with van der Waals surface area (Å²) in [5, 5.41) is 15.4. The van der Waals surface area contributed by atoms with Crippen molar-refractivity contribution in [3.05, 3.63) is 11.5 Å². The molecule has 0 radical (unpaired) electrons. The molecule has 8 nitrogen and oxygen atoms in total. The monoisotopic (exact) mass is 471 g/mol. The van der Waals surface area contributed by atoms with Crippen molar-refractivity contribution in [2.75, 3.05) is 13.1 Å². The molecule has 0 aromatic rings. The van der Waals surface area contributed by atoms with Crippen LogP contribution in [0.15, 0.2) is 0 Å². The molecule has 0 amide bonds. The molecule has 1 heterocycles. The van der Waals surface area contributed by atoms with Crippen LogP contribution in [0.5, 0.6) is 0 Å². The fourth-order valence-electron chi connectivity index (χ4n) is 1.35. The molecular weight excluding hydrogens is 451 g/mol. The number of carbonyl (C=O) groups is 2. The van der Waals surface area contributed by atoms with Gasteiger partial charge in [-0.25, -0.2) is 0 Å². The maximum Gasteiger partial charge on any atom is 2.00 e. The zero-order chi connectivity index (χ0) is 15.0. The Morgan fingerprint density at radius 3 is 1.55 bits per heavy atom. The number of rotatable bonds is 5. The summed E-state index contributed by atoms with van der Waals surface area (Å²) >= 11 is 0. The molecule has 0 spiro atoms. The third kappa shape index (κ3) is 8.60. The largest absolute Gasteiger partial charge is 2.00 e. The van der Waals surface area contributed by atoms with Gasteiger partial charge in [-0.2, -0.15) is 0 Å². The fourth-order valence-corrected chi connectivity index (χ4v) is 1.35. The molecule has 0 aromatic heterocycles. The van der Waals surface area contributed by atoms with Gasteiger partial charge in [-0.15, -0.1) is 13.1 Å². The van der Waals surface area contributed by atoms with E-state index in [1.165, 1.54) is 0 Å².